The Bertz CT molecular complexity index is 1070. The molecule has 0 saturated heterocycles. The molecule has 0 atom stereocenters. The summed E-state index contributed by atoms with van der Waals surface area (Å²) in [5, 5.41) is 8.61. The van der Waals surface area contributed by atoms with Crippen LogP contribution in [0.3, 0.4) is 0 Å². The number of anilines is 1. The van der Waals surface area contributed by atoms with Crippen molar-refractivity contribution in [1.29, 1.82) is 0 Å². The van der Waals surface area contributed by atoms with Crippen molar-refractivity contribution >= 4 is 27.3 Å². The Balaban J connectivity index is 1.92. The molecule has 144 valence electrons. The van der Waals surface area contributed by atoms with Crippen molar-refractivity contribution in [2.75, 3.05) is 4.72 Å². The average molecular weight is 412 g/mol. The lowest BCUT2D eigenvalue weighted by Gasteiger charge is -2.09. The Kier molecular flexibility index (Phi) is 5.25. The third-order valence-corrected chi connectivity index (χ3v) is 5.89. The first-order chi connectivity index (χ1) is 12.7. The largest absolute Gasteiger partial charge is 0.276 e. The number of aryl methyl sites for hydroxylation is 2. The summed E-state index contributed by atoms with van der Waals surface area (Å²) in [6, 6.07) is 4.45. The Hall–Kier alpha value is -2.39. The summed E-state index contributed by atoms with van der Waals surface area (Å²) in [6.45, 7) is 5.91. The van der Waals surface area contributed by atoms with Gasteiger partial charge in [0.2, 0.25) is 0 Å². The summed E-state index contributed by atoms with van der Waals surface area (Å²) in [4.78, 5) is 0.0630. The SMILES string of the molecule is CCn1cc(S(=O)(=O)Nc2c(C)nn(Cc3c(F)cccc3Cl)c2C)cn1. The van der Waals surface area contributed by atoms with E-state index in [-0.39, 0.29) is 16.5 Å². The van der Waals surface area contributed by atoms with E-state index in [0.717, 1.165) is 0 Å². The van der Waals surface area contributed by atoms with Crippen LogP contribution in [-0.2, 0) is 23.1 Å². The molecule has 0 radical (unpaired) electrons. The molecule has 0 fully saturated rings. The first kappa shape index (κ1) is 19.4. The molecule has 0 amide bonds. The minimum Gasteiger partial charge on any atom is -0.276 e. The summed E-state index contributed by atoms with van der Waals surface area (Å²) < 4.78 is 44.9. The molecule has 3 aromatic rings. The second-order valence-corrected chi connectivity index (χ2v) is 8.13. The smallest absolute Gasteiger partial charge is 0.265 e. The van der Waals surface area contributed by atoms with Crippen molar-refractivity contribution in [1.82, 2.24) is 19.6 Å². The van der Waals surface area contributed by atoms with E-state index in [9.17, 15) is 12.8 Å². The number of rotatable bonds is 6. The van der Waals surface area contributed by atoms with Crippen molar-refractivity contribution in [3.63, 3.8) is 0 Å². The lowest BCUT2D eigenvalue weighted by atomic mass is 10.2. The molecule has 10 heteroatoms. The zero-order valence-corrected chi connectivity index (χ0v) is 16.6. The van der Waals surface area contributed by atoms with Gasteiger partial charge in [0, 0.05) is 23.3 Å². The first-order valence-corrected chi connectivity index (χ1v) is 10.1. The van der Waals surface area contributed by atoms with Crippen LogP contribution in [0.2, 0.25) is 5.02 Å². The molecule has 0 spiro atoms. The zero-order valence-electron chi connectivity index (χ0n) is 15.1. The van der Waals surface area contributed by atoms with Gasteiger partial charge in [0.05, 0.1) is 29.8 Å². The average Bonchev–Trinajstić information content (AvgIpc) is 3.19. The lowest BCUT2D eigenvalue weighted by Crippen LogP contribution is -2.14. The maximum absolute atomic E-state index is 14.1. The predicted octanol–water partition coefficient (Wildman–Crippen LogP) is 3.36. The summed E-state index contributed by atoms with van der Waals surface area (Å²) in [7, 11) is -3.81. The fraction of sp³-hybridized carbons (Fsp3) is 0.294. The quantitative estimate of drug-likeness (QED) is 0.674. The topological polar surface area (TPSA) is 81.8 Å². The van der Waals surface area contributed by atoms with Gasteiger partial charge in [-0.2, -0.15) is 10.2 Å². The number of sulfonamides is 1. The van der Waals surface area contributed by atoms with Crippen molar-refractivity contribution < 1.29 is 12.8 Å². The van der Waals surface area contributed by atoms with Crippen LogP contribution in [0.25, 0.3) is 0 Å². The normalized spacial score (nSPS) is 11.7. The van der Waals surface area contributed by atoms with Crippen molar-refractivity contribution in [2.45, 2.75) is 38.8 Å². The number of aromatic nitrogens is 4. The Morgan fingerprint density at radius 1 is 1.30 bits per heavy atom. The molecule has 7 nitrogen and oxygen atoms in total. The molecule has 0 bridgehead atoms. The summed E-state index contributed by atoms with van der Waals surface area (Å²) in [6.07, 6.45) is 2.75. The van der Waals surface area contributed by atoms with Crippen LogP contribution in [0.1, 0.15) is 23.9 Å². The van der Waals surface area contributed by atoms with E-state index in [2.05, 4.69) is 14.9 Å². The van der Waals surface area contributed by atoms with Gasteiger partial charge < -0.3 is 0 Å². The highest BCUT2D eigenvalue weighted by molar-refractivity contribution is 7.92. The van der Waals surface area contributed by atoms with Gasteiger partial charge in [-0.25, -0.2) is 12.8 Å². The maximum atomic E-state index is 14.1. The van der Waals surface area contributed by atoms with Crippen molar-refractivity contribution in [3.8, 4) is 0 Å². The first-order valence-electron chi connectivity index (χ1n) is 8.25. The van der Waals surface area contributed by atoms with Gasteiger partial charge in [-0.15, -0.1) is 0 Å². The number of hydrogen-bond acceptors (Lipinski definition) is 4. The fourth-order valence-corrected chi connectivity index (χ4v) is 4.03. The molecular formula is C17H19ClFN5O2S. The highest BCUT2D eigenvalue weighted by Gasteiger charge is 2.22. The number of nitrogens with one attached hydrogen (secondary N) is 1. The van der Waals surface area contributed by atoms with Gasteiger partial charge in [-0.05, 0) is 32.9 Å². The van der Waals surface area contributed by atoms with Gasteiger partial charge >= 0.3 is 0 Å². The highest BCUT2D eigenvalue weighted by Crippen LogP contribution is 2.26. The van der Waals surface area contributed by atoms with E-state index >= 15 is 0 Å². The predicted molar refractivity (Wildman–Crippen MR) is 101 cm³/mol. The van der Waals surface area contributed by atoms with Gasteiger partial charge in [0.15, 0.2) is 0 Å². The molecule has 0 unspecified atom stereocenters. The third kappa shape index (κ3) is 3.84. The number of halogens is 2. The minimum absolute atomic E-state index is 0.0630. The van der Waals surface area contributed by atoms with Crippen LogP contribution < -0.4 is 4.72 Å². The molecule has 0 aliphatic rings. The fourth-order valence-electron chi connectivity index (χ4n) is 2.68. The van der Waals surface area contributed by atoms with Gasteiger partial charge in [0.1, 0.15) is 10.7 Å². The van der Waals surface area contributed by atoms with E-state index in [1.807, 2.05) is 6.92 Å². The van der Waals surface area contributed by atoms with E-state index in [1.54, 1.807) is 19.9 Å². The van der Waals surface area contributed by atoms with E-state index in [4.69, 9.17) is 11.6 Å². The van der Waals surface area contributed by atoms with Crippen LogP contribution in [0.15, 0.2) is 35.5 Å². The van der Waals surface area contributed by atoms with E-state index in [1.165, 1.54) is 33.9 Å². The second kappa shape index (κ2) is 7.32. The molecular weight excluding hydrogens is 393 g/mol. The van der Waals surface area contributed by atoms with Gasteiger partial charge in [-0.3, -0.25) is 14.1 Å². The molecule has 1 N–H and O–H groups in total. The van der Waals surface area contributed by atoms with Crippen molar-refractivity contribution in [3.05, 3.63) is 58.4 Å². The summed E-state index contributed by atoms with van der Waals surface area (Å²) in [5.41, 5.74) is 1.68. The molecule has 3 rings (SSSR count). The monoisotopic (exact) mass is 411 g/mol. The van der Waals surface area contributed by atoms with Crippen LogP contribution in [-0.4, -0.2) is 28.0 Å². The van der Waals surface area contributed by atoms with Crippen molar-refractivity contribution in [2.24, 2.45) is 0 Å². The Morgan fingerprint density at radius 3 is 2.67 bits per heavy atom. The standard InChI is InChI=1S/C17H19ClFN5O2S/c1-4-23-9-13(8-20-23)27(25,26)22-17-11(2)21-24(12(17)3)10-14-15(18)6-5-7-16(14)19/h5-9,22H,4,10H2,1-3H3. The van der Waals surface area contributed by atoms with E-state index in [0.29, 0.717) is 29.2 Å². The highest BCUT2D eigenvalue weighted by atomic mass is 35.5. The molecule has 2 aromatic heterocycles. The van der Waals surface area contributed by atoms with Crippen LogP contribution in [0.5, 0.6) is 0 Å². The number of benzene rings is 1. The second-order valence-electron chi connectivity index (χ2n) is 6.04. The zero-order chi connectivity index (χ0) is 19.8. The Morgan fingerprint density at radius 2 is 2.04 bits per heavy atom. The number of hydrogen-bond donors (Lipinski definition) is 1. The number of nitrogens with zero attached hydrogens (tertiary/aromatic N) is 4. The lowest BCUT2D eigenvalue weighted by molar-refractivity contribution is 0.579. The molecule has 0 aliphatic carbocycles. The molecule has 27 heavy (non-hydrogen) atoms. The van der Waals surface area contributed by atoms with E-state index < -0.39 is 15.8 Å². The van der Waals surface area contributed by atoms with Gasteiger partial charge in [0.25, 0.3) is 10.0 Å². The third-order valence-electron chi connectivity index (χ3n) is 4.23. The summed E-state index contributed by atoms with van der Waals surface area (Å²) >= 11 is 6.08. The molecule has 0 saturated carbocycles. The van der Waals surface area contributed by atoms with Crippen LogP contribution in [0.4, 0.5) is 10.1 Å². The van der Waals surface area contributed by atoms with Crippen LogP contribution in [0, 0.1) is 19.7 Å². The minimum atomic E-state index is -3.81. The summed E-state index contributed by atoms with van der Waals surface area (Å²) in [5.74, 6) is -0.441. The molecule has 2 heterocycles. The van der Waals surface area contributed by atoms with Crippen LogP contribution >= 0.6 is 11.6 Å². The maximum Gasteiger partial charge on any atom is 0.265 e. The molecule has 1 aromatic carbocycles. The van der Waals surface area contributed by atoms with Gasteiger partial charge in [-0.1, -0.05) is 17.7 Å². The molecule has 0 aliphatic heterocycles. The Labute approximate surface area is 161 Å².